The van der Waals surface area contributed by atoms with Crippen LogP contribution in [-0.4, -0.2) is 204 Å². The molecular weight excluding hydrogens is 1770 g/mol. The van der Waals surface area contributed by atoms with Crippen molar-refractivity contribution in [1.29, 1.82) is 0 Å². The Morgan fingerprint density at radius 2 is 0.712 bits per heavy atom. The molecule has 36 nitrogen and oxygen atoms in total. The number of anilines is 16. The lowest BCUT2D eigenvalue weighted by Crippen LogP contribution is -2.45. The molecule has 6 aliphatic carbocycles. The Balaban J connectivity index is 0.000000141. The zero-order chi connectivity index (χ0) is 99.3. The number of nitro groups is 1. The van der Waals surface area contributed by atoms with Crippen molar-refractivity contribution in [1.82, 2.24) is 55.8 Å². The fourth-order valence-electron chi connectivity index (χ4n) is 20.5. The molecule has 0 unspecified atom stereocenters. The Morgan fingerprint density at radius 1 is 0.410 bits per heavy atom. The topological polar surface area (TPSA) is 404 Å². The Kier molecular flexibility index (Phi) is 30.1. The van der Waals surface area contributed by atoms with E-state index in [4.69, 9.17) is 34.1 Å². The quantitative estimate of drug-likeness (QED) is 0.0245. The highest BCUT2D eigenvalue weighted by atomic mass is 16.6. The Morgan fingerprint density at radius 3 is 1.01 bits per heavy atom. The number of nitro benzene ring substituents is 1. The lowest BCUT2D eigenvalue weighted by Gasteiger charge is -2.34. The lowest BCUT2D eigenvalue weighted by molar-refractivity contribution is -0.384. The second kappa shape index (κ2) is 41.8. The van der Waals surface area contributed by atoms with E-state index in [0.717, 1.165) is 118 Å². The molecule has 8 heterocycles. The maximum absolute atomic E-state index is 13.2. The molecule has 10 aliphatic rings. The highest BCUT2D eigenvalue weighted by molar-refractivity contribution is 6.05. The number of methoxy groups -OCH3 is 3. The predicted octanol–water partition coefficient (Wildman–Crippen LogP) is 17.2. The van der Waals surface area contributed by atoms with Gasteiger partial charge >= 0.3 is 0 Å². The molecule has 742 valence electrons. The average molecular weight is 1900 g/mol. The fraction of sp³-hybridized carbons (Fsp3) is 0.544. The second-order valence-electron chi connectivity index (χ2n) is 42.2. The summed E-state index contributed by atoms with van der Waals surface area (Å²) in [6, 6.07) is 23.8. The molecule has 0 bridgehead atoms. The summed E-state index contributed by atoms with van der Waals surface area (Å²) in [5.74, 6) is 6.69. The van der Waals surface area contributed by atoms with Gasteiger partial charge in [-0.15, -0.1) is 0 Å². The number of fused-ring (bicyclic) bond motifs is 4. The van der Waals surface area contributed by atoms with Crippen LogP contribution in [0.15, 0.2) is 104 Å². The molecule has 6 fully saturated rings. The number of benzene rings is 4. The van der Waals surface area contributed by atoms with E-state index in [1.165, 1.54) is 76.3 Å². The van der Waals surface area contributed by atoms with Gasteiger partial charge in [0, 0.05) is 131 Å². The van der Waals surface area contributed by atoms with Crippen LogP contribution < -0.4 is 90.6 Å². The van der Waals surface area contributed by atoms with E-state index in [1.54, 1.807) is 149 Å². The molecule has 0 radical (unpaired) electrons. The first-order valence-electron chi connectivity index (χ1n) is 49.1. The smallest absolute Gasteiger partial charge is 0.271 e. The number of carbonyl (C=O) groups is 7. The molecule has 6 saturated carbocycles. The largest absolute Gasteiger partial charge is 0.495 e. The molecule has 4 aromatic heterocycles. The molecule has 4 aliphatic heterocycles. The van der Waals surface area contributed by atoms with Crippen LogP contribution in [0.5, 0.6) is 17.2 Å². The summed E-state index contributed by atoms with van der Waals surface area (Å²) in [5, 5.41) is 33.0. The summed E-state index contributed by atoms with van der Waals surface area (Å²) < 4.78 is 16.8. The molecule has 7 amide bonds. The van der Waals surface area contributed by atoms with Gasteiger partial charge in [0.25, 0.3) is 23.4 Å². The molecule has 8 aromatic rings. The van der Waals surface area contributed by atoms with Crippen LogP contribution in [0.2, 0.25) is 0 Å². The van der Waals surface area contributed by atoms with Gasteiger partial charge < -0.3 is 90.6 Å². The number of carbonyl (C=O) groups excluding carboxylic acids is 7. The molecule has 139 heavy (non-hydrogen) atoms. The van der Waals surface area contributed by atoms with Gasteiger partial charge in [0.2, 0.25) is 47.4 Å². The standard InChI is InChI=1S/C28H38N6O3.C27H36N6O3.C27H38N6O3.C21H26N6O3/c1-28(2)17-34(20-11-7-8-12-20)24-22(33(3)26(28)36)16-29-27(32-24)31-21-14-13-18(15-23(21)37-4)25(35)30-19-9-5-6-10-19;1-27(2)16-33(19-7-5-6-8-19)23-21(32(3)25(27)35)15-29-26(31-23)30-20-12-11-18(13-22(20)36-4)24(34)28-14-17-9-10-17;1-26(2,3)31-23(34)17-12-13-19(21(14-17)36-7)29-25-28-15-20-22(30-25)33(18-10-8-9-11-18)16-27(4,5)24(35)32(20)6;1-21(2)13-26(15-8-4-5-9-15)18-17(25(3)19(21)28)12-22-20(24-18)23-14-7-6-10-16(11-14)27(29)30/h13-16,19-20H,5-12,17H2,1-4H3,(H,30,35)(H,29,31,32);11-13,15,17,19H,5-10,14,16H2,1-4H3,(H,28,34)(H,29,30,31);12-15,18H,8-11,16H2,1-7H3,(H,31,34)(H,28,29,30);6-7,10-12,15H,4-5,8-9,13H2,1-3H3,(H,22,23,24). The Hall–Kier alpha value is -13.3. The summed E-state index contributed by atoms with van der Waals surface area (Å²) in [5.41, 5.74) is 4.46. The Labute approximate surface area is 815 Å². The zero-order valence-electron chi connectivity index (χ0n) is 83.9. The van der Waals surface area contributed by atoms with Crippen molar-refractivity contribution < 1.29 is 52.7 Å². The average Bonchev–Trinajstić information content (AvgIpc) is 1.63. The van der Waals surface area contributed by atoms with Gasteiger partial charge in [0.05, 0.1) is 89.8 Å². The number of hydrogen-bond donors (Lipinski definition) is 7. The third-order valence-corrected chi connectivity index (χ3v) is 28.3. The van der Waals surface area contributed by atoms with Gasteiger partial charge in [-0.2, -0.15) is 19.9 Å². The number of hydrogen-bond acceptors (Lipinski definition) is 28. The van der Waals surface area contributed by atoms with Gasteiger partial charge in [-0.3, -0.25) is 43.7 Å². The number of ether oxygens (including phenoxy) is 3. The molecule has 4 aromatic carbocycles. The minimum Gasteiger partial charge on any atom is -0.495 e. The van der Waals surface area contributed by atoms with Crippen LogP contribution in [0.3, 0.4) is 0 Å². The monoisotopic (exact) mass is 1900 g/mol. The molecule has 0 spiro atoms. The van der Waals surface area contributed by atoms with Gasteiger partial charge in [0.1, 0.15) is 40.0 Å². The minimum absolute atomic E-state index is 0.00517. The summed E-state index contributed by atoms with van der Waals surface area (Å²) >= 11 is 0. The van der Waals surface area contributed by atoms with E-state index in [2.05, 4.69) is 76.8 Å². The van der Waals surface area contributed by atoms with Crippen molar-refractivity contribution in [2.75, 3.05) is 143 Å². The minimum atomic E-state index is -0.550. The SMILES string of the molecule is CN1C(=O)C(C)(C)CN(C2CCCC2)c2nc(Nc3cccc([N+](=O)[O-])c3)ncc21.COc1cc(C(=O)NC(C)(C)C)ccc1Nc1ncc2c(n1)N(C1CCCC1)CC(C)(C)C(=O)N2C.COc1cc(C(=O)NC2CCCC2)ccc1Nc1ncc2c(n1)N(C1CCCC1)CC(C)(C)C(=O)N2C.COc1cc(C(=O)NCC2CC2)ccc1Nc1ncc2c(n1)N(C1CCCC1)CC(C)(C)C(=O)N2C. The number of nitrogens with one attached hydrogen (secondary N) is 7. The van der Waals surface area contributed by atoms with E-state index in [-0.39, 0.29) is 58.6 Å². The third kappa shape index (κ3) is 23.0. The highest BCUT2D eigenvalue weighted by Crippen LogP contribution is 2.48. The number of amides is 7. The van der Waals surface area contributed by atoms with E-state index in [1.807, 2.05) is 88.3 Å². The molecule has 0 saturated heterocycles. The van der Waals surface area contributed by atoms with Crippen LogP contribution in [0, 0.1) is 37.7 Å². The van der Waals surface area contributed by atoms with Gasteiger partial charge in [-0.05, 0) is 220 Å². The number of non-ortho nitro benzene ring substituents is 1. The van der Waals surface area contributed by atoms with Crippen molar-refractivity contribution in [2.24, 2.45) is 27.6 Å². The van der Waals surface area contributed by atoms with E-state index in [9.17, 15) is 43.7 Å². The van der Waals surface area contributed by atoms with Crippen molar-refractivity contribution in [3.8, 4) is 17.2 Å². The van der Waals surface area contributed by atoms with Crippen LogP contribution >= 0.6 is 0 Å². The van der Waals surface area contributed by atoms with E-state index < -0.39 is 26.6 Å². The van der Waals surface area contributed by atoms with Crippen LogP contribution in [0.4, 0.5) is 98.3 Å². The number of aromatic nitrogens is 8. The van der Waals surface area contributed by atoms with Gasteiger partial charge in [-0.25, -0.2) is 19.9 Å². The maximum atomic E-state index is 13.2. The highest BCUT2D eigenvalue weighted by Gasteiger charge is 2.47. The number of nitrogens with zero attached hydrogens (tertiary/aromatic N) is 17. The normalized spacial score (nSPS) is 19.2. The van der Waals surface area contributed by atoms with Gasteiger partial charge in [0.15, 0.2) is 23.3 Å². The molecule has 18 rings (SSSR count). The summed E-state index contributed by atoms with van der Waals surface area (Å²) in [6.07, 6.45) is 31.8. The second-order valence-corrected chi connectivity index (χ2v) is 42.2. The molecular formula is C103H138N24O12. The summed E-state index contributed by atoms with van der Waals surface area (Å²) in [4.78, 5) is 155. The Bertz CT molecular complexity index is 5870. The van der Waals surface area contributed by atoms with Crippen LogP contribution in [-0.2, 0) is 19.2 Å². The van der Waals surface area contributed by atoms with Crippen molar-refractivity contribution in [3.63, 3.8) is 0 Å². The van der Waals surface area contributed by atoms with Crippen molar-refractivity contribution in [3.05, 3.63) is 130 Å². The van der Waals surface area contributed by atoms with Gasteiger partial charge in [-0.1, -0.05) is 70.3 Å². The first-order valence-corrected chi connectivity index (χ1v) is 49.1. The summed E-state index contributed by atoms with van der Waals surface area (Å²) in [7, 11) is 11.9. The van der Waals surface area contributed by atoms with E-state index >= 15 is 0 Å². The van der Waals surface area contributed by atoms with E-state index in [0.29, 0.717) is 148 Å². The maximum Gasteiger partial charge on any atom is 0.271 e. The molecule has 36 heteroatoms. The van der Waals surface area contributed by atoms with Crippen molar-refractivity contribution >= 4 is 140 Å². The van der Waals surface area contributed by atoms with Crippen LogP contribution in [0.25, 0.3) is 0 Å². The van der Waals surface area contributed by atoms with Crippen molar-refractivity contribution in [2.45, 2.75) is 253 Å². The fourth-order valence-corrected chi connectivity index (χ4v) is 20.5. The number of rotatable bonds is 22. The predicted molar refractivity (Wildman–Crippen MR) is 543 cm³/mol. The molecule has 0 atom stereocenters. The first kappa shape index (κ1) is 100. The summed E-state index contributed by atoms with van der Waals surface area (Å²) in [6.45, 7) is 24.9. The van der Waals surface area contributed by atoms with Crippen LogP contribution in [0.1, 0.15) is 248 Å². The first-order chi connectivity index (χ1) is 66.2. The zero-order valence-corrected chi connectivity index (χ0v) is 83.9. The lowest BCUT2D eigenvalue weighted by atomic mass is 9.91. The third-order valence-electron chi connectivity index (χ3n) is 28.3. The molecule has 7 N–H and O–H groups in total.